The number of nitrogens with two attached hydrogens (primary N) is 1. The number of aliphatic imine (C=N–C) groups is 1. The highest BCUT2D eigenvalue weighted by Gasteiger charge is 2.01. The van der Waals surface area contributed by atoms with Crippen LogP contribution in [0.1, 0.15) is 19.4 Å². The van der Waals surface area contributed by atoms with Crippen molar-refractivity contribution in [1.82, 2.24) is 10.2 Å². The van der Waals surface area contributed by atoms with E-state index in [9.17, 15) is 4.39 Å². The van der Waals surface area contributed by atoms with Gasteiger partial charge >= 0.3 is 0 Å². The summed E-state index contributed by atoms with van der Waals surface area (Å²) in [4.78, 5) is 6.39. The molecule has 0 spiro atoms. The summed E-state index contributed by atoms with van der Waals surface area (Å²) >= 11 is 0. The number of likely N-dealkylation sites (N-methyl/N-ethyl adjacent to an activating group) is 1. The molecule has 0 saturated heterocycles. The van der Waals surface area contributed by atoms with Crippen molar-refractivity contribution >= 4 is 29.9 Å². The normalized spacial score (nSPS) is 11.6. The van der Waals surface area contributed by atoms with Crippen molar-refractivity contribution in [2.24, 2.45) is 16.6 Å². The summed E-state index contributed by atoms with van der Waals surface area (Å²) in [7, 11) is 2.02. The summed E-state index contributed by atoms with van der Waals surface area (Å²) in [5.74, 6) is 0.803. The van der Waals surface area contributed by atoms with Gasteiger partial charge in [-0.15, -0.1) is 24.0 Å². The minimum Gasteiger partial charge on any atom is -0.370 e. The smallest absolute Gasteiger partial charge is 0.188 e. The van der Waals surface area contributed by atoms with Crippen LogP contribution in [-0.4, -0.2) is 37.5 Å². The van der Waals surface area contributed by atoms with Crippen LogP contribution in [0.2, 0.25) is 0 Å². The van der Waals surface area contributed by atoms with Crippen LogP contribution in [-0.2, 0) is 6.54 Å². The largest absolute Gasteiger partial charge is 0.370 e. The summed E-state index contributed by atoms with van der Waals surface area (Å²) in [6.45, 7) is 7.32. The Balaban J connectivity index is 0.00000400. The molecule has 0 saturated carbocycles. The Kier molecular flexibility index (Phi) is 10.3. The van der Waals surface area contributed by atoms with Crippen molar-refractivity contribution in [3.8, 4) is 0 Å². The molecule has 0 aliphatic heterocycles. The van der Waals surface area contributed by atoms with Gasteiger partial charge in [-0.2, -0.15) is 0 Å². The maximum absolute atomic E-state index is 12.8. The molecule has 21 heavy (non-hydrogen) atoms. The summed E-state index contributed by atoms with van der Waals surface area (Å²) in [6, 6.07) is 6.57. The fraction of sp³-hybridized carbons (Fsp3) is 0.533. The molecule has 120 valence electrons. The summed E-state index contributed by atoms with van der Waals surface area (Å²) in [5.41, 5.74) is 6.85. The molecule has 6 heteroatoms. The van der Waals surface area contributed by atoms with Crippen molar-refractivity contribution in [3.63, 3.8) is 0 Å². The minimum absolute atomic E-state index is 0. The van der Waals surface area contributed by atoms with Crippen molar-refractivity contribution in [2.75, 3.05) is 26.7 Å². The van der Waals surface area contributed by atoms with Crippen LogP contribution >= 0.6 is 24.0 Å². The number of rotatable bonds is 7. The van der Waals surface area contributed by atoms with E-state index in [2.05, 4.69) is 29.1 Å². The van der Waals surface area contributed by atoms with Crippen LogP contribution < -0.4 is 11.1 Å². The highest BCUT2D eigenvalue weighted by molar-refractivity contribution is 14.0. The highest BCUT2D eigenvalue weighted by atomic mass is 127. The van der Waals surface area contributed by atoms with Gasteiger partial charge in [-0.3, -0.25) is 4.99 Å². The predicted molar refractivity (Wildman–Crippen MR) is 97.5 cm³/mol. The SMILES string of the molecule is CC(C)CN=C(N)NCCN(C)Cc1ccc(F)cc1.I. The molecule has 3 N–H and O–H groups in total. The molecule has 0 amide bonds. The van der Waals surface area contributed by atoms with Crippen molar-refractivity contribution in [2.45, 2.75) is 20.4 Å². The van der Waals surface area contributed by atoms with Gasteiger partial charge in [-0.05, 0) is 30.7 Å². The number of hydrogen-bond donors (Lipinski definition) is 2. The van der Waals surface area contributed by atoms with Gasteiger partial charge in [0, 0.05) is 26.2 Å². The number of benzene rings is 1. The molecular weight excluding hydrogens is 382 g/mol. The Morgan fingerprint density at radius 2 is 1.95 bits per heavy atom. The van der Waals surface area contributed by atoms with Gasteiger partial charge in [0.2, 0.25) is 0 Å². The van der Waals surface area contributed by atoms with E-state index in [1.165, 1.54) is 12.1 Å². The molecule has 0 aliphatic rings. The van der Waals surface area contributed by atoms with Crippen LogP contribution in [0.4, 0.5) is 4.39 Å². The van der Waals surface area contributed by atoms with E-state index in [-0.39, 0.29) is 29.8 Å². The zero-order valence-corrected chi connectivity index (χ0v) is 15.3. The third-order valence-electron chi connectivity index (χ3n) is 2.79. The summed E-state index contributed by atoms with van der Waals surface area (Å²) in [6.07, 6.45) is 0. The first-order valence-corrected chi connectivity index (χ1v) is 6.94. The summed E-state index contributed by atoms with van der Waals surface area (Å²) in [5, 5.41) is 3.09. The van der Waals surface area contributed by atoms with Crippen molar-refractivity contribution < 1.29 is 4.39 Å². The van der Waals surface area contributed by atoms with E-state index < -0.39 is 0 Å². The number of nitrogens with zero attached hydrogens (tertiary/aromatic N) is 2. The molecule has 1 aromatic rings. The van der Waals surface area contributed by atoms with Crippen molar-refractivity contribution in [1.29, 1.82) is 0 Å². The lowest BCUT2D eigenvalue weighted by Gasteiger charge is -2.17. The van der Waals surface area contributed by atoms with Gasteiger partial charge in [-0.1, -0.05) is 26.0 Å². The Morgan fingerprint density at radius 1 is 1.33 bits per heavy atom. The molecule has 0 fully saturated rings. The van der Waals surface area contributed by atoms with E-state index in [1.54, 1.807) is 12.1 Å². The molecule has 0 aliphatic carbocycles. The first-order valence-electron chi connectivity index (χ1n) is 6.94. The maximum atomic E-state index is 12.8. The molecule has 0 aromatic heterocycles. The van der Waals surface area contributed by atoms with Crippen LogP contribution in [0.15, 0.2) is 29.3 Å². The lowest BCUT2D eigenvalue weighted by atomic mass is 10.2. The van der Waals surface area contributed by atoms with E-state index in [1.807, 2.05) is 7.05 Å². The van der Waals surface area contributed by atoms with Gasteiger partial charge in [0.25, 0.3) is 0 Å². The molecule has 1 rings (SSSR count). The highest BCUT2D eigenvalue weighted by Crippen LogP contribution is 2.04. The Hall–Kier alpha value is -0.890. The molecule has 0 heterocycles. The predicted octanol–water partition coefficient (Wildman–Crippen LogP) is 2.44. The zero-order valence-electron chi connectivity index (χ0n) is 13.0. The molecule has 4 nitrogen and oxygen atoms in total. The van der Waals surface area contributed by atoms with Crippen LogP contribution in [0, 0.1) is 11.7 Å². The quantitative estimate of drug-likeness (QED) is 0.414. The van der Waals surface area contributed by atoms with Gasteiger partial charge in [0.15, 0.2) is 5.96 Å². The fourth-order valence-corrected chi connectivity index (χ4v) is 1.69. The zero-order chi connectivity index (χ0) is 15.0. The third-order valence-corrected chi connectivity index (χ3v) is 2.79. The first kappa shape index (κ1) is 20.1. The topological polar surface area (TPSA) is 53.6 Å². The number of hydrogen-bond acceptors (Lipinski definition) is 2. The van der Waals surface area contributed by atoms with Crippen molar-refractivity contribution in [3.05, 3.63) is 35.6 Å². The van der Waals surface area contributed by atoms with E-state index >= 15 is 0 Å². The molecule has 0 radical (unpaired) electrons. The Labute approximate surface area is 144 Å². The van der Waals surface area contributed by atoms with E-state index in [0.717, 1.165) is 31.7 Å². The lowest BCUT2D eigenvalue weighted by molar-refractivity contribution is 0.331. The average molecular weight is 408 g/mol. The standard InChI is InChI=1S/C15H25FN4.HI/c1-12(2)10-19-15(17)18-8-9-20(3)11-13-4-6-14(16)7-5-13;/h4-7,12H,8-11H2,1-3H3,(H3,17,18,19);1H. The molecule has 0 bridgehead atoms. The van der Waals surface area contributed by atoms with Crippen LogP contribution in [0.5, 0.6) is 0 Å². The van der Waals surface area contributed by atoms with E-state index in [0.29, 0.717) is 11.9 Å². The monoisotopic (exact) mass is 408 g/mol. The Morgan fingerprint density at radius 3 is 2.52 bits per heavy atom. The second-order valence-corrected chi connectivity index (χ2v) is 5.41. The Bertz CT molecular complexity index is 420. The molecular formula is C15H26FIN4. The number of guanidine groups is 1. The number of nitrogens with one attached hydrogen (secondary N) is 1. The average Bonchev–Trinajstić information content (AvgIpc) is 2.39. The second kappa shape index (κ2) is 10.8. The van der Waals surface area contributed by atoms with Gasteiger partial charge in [0.1, 0.15) is 5.82 Å². The molecule has 1 aromatic carbocycles. The molecule has 0 atom stereocenters. The van der Waals surface area contributed by atoms with E-state index in [4.69, 9.17) is 5.73 Å². The van der Waals surface area contributed by atoms with Crippen LogP contribution in [0.25, 0.3) is 0 Å². The first-order chi connectivity index (χ1) is 9.47. The van der Waals surface area contributed by atoms with Crippen LogP contribution in [0.3, 0.4) is 0 Å². The van der Waals surface area contributed by atoms with Gasteiger partial charge < -0.3 is 16.0 Å². The fourth-order valence-electron chi connectivity index (χ4n) is 1.69. The lowest BCUT2D eigenvalue weighted by Crippen LogP contribution is -2.37. The second-order valence-electron chi connectivity index (χ2n) is 5.41. The summed E-state index contributed by atoms with van der Waals surface area (Å²) < 4.78 is 12.8. The van der Waals surface area contributed by atoms with Gasteiger partial charge in [0.05, 0.1) is 0 Å². The van der Waals surface area contributed by atoms with Gasteiger partial charge in [-0.25, -0.2) is 4.39 Å². The third kappa shape index (κ3) is 9.62. The number of halogens is 2. The maximum Gasteiger partial charge on any atom is 0.188 e. The minimum atomic E-state index is -0.202. The molecule has 0 unspecified atom stereocenters.